The Labute approximate surface area is 81.4 Å². The molecule has 1 saturated heterocycles. The molecule has 2 heterocycles. The number of aryl methyl sites for hydroxylation is 1. The summed E-state index contributed by atoms with van der Waals surface area (Å²) < 4.78 is 1.97. The van der Waals surface area contributed by atoms with Gasteiger partial charge in [0.05, 0.1) is 11.4 Å². The summed E-state index contributed by atoms with van der Waals surface area (Å²) in [5.74, 6) is 0. The topological polar surface area (TPSA) is 50.1 Å². The van der Waals surface area contributed by atoms with E-state index in [0.29, 0.717) is 6.54 Å². The molecule has 2 rings (SSSR count). The maximum Gasteiger partial charge on any atom is 0.168 e. The Balaban J connectivity index is 2.01. The van der Waals surface area contributed by atoms with Gasteiger partial charge in [0.1, 0.15) is 0 Å². The number of aliphatic hydroxyl groups excluding tert-OH is 1. The predicted molar refractivity (Wildman–Crippen MR) is 51.7 cm³/mol. The van der Waals surface area contributed by atoms with Crippen molar-refractivity contribution in [1.82, 2.24) is 14.9 Å². The molecule has 2 atom stereocenters. The van der Waals surface area contributed by atoms with Gasteiger partial charge in [-0.1, -0.05) is 11.8 Å². The molecule has 0 amide bonds. The third-order valence-electron chi connectivity index (χ3n) is 2.16. The molecular formula is C8H13N3OS. The lowest BCUT2D eigenvalue weighted by Crippen LogP contribution is -2.20. The summed E-state index contributed by atoms with van der Waals surface area (Å²) in [6, 6.07) is 0. The standard InChI is InChI=1S/C8H13N3OS/c1-11-3-2-10-8(11)13-7-5-9-4-6(7)12/h2-3,6-7,9,12H,4-5H2,1H3/t6-,7-/m1/s1. The monoisotopic (exact) mass is 199 g/mol. The average Bonchev–Trinajstić information content (AvgIpc) is 2.65. The van der Waals surface area contributed by atoms with E-state index in [9.17, 15) is 5.11 Å². The lowest BCUT2D eigenvalue weighted by Gasteiger charge is -2.11. The summed E-state index contributed by atoms with van der Waals surface area (Å²) in [6.07, 6.45) is 3.44. The average molecular weight is 199 g/mol. The van der Waals surface area contributed by atoms with E-state index in [-0.39, 0.29) is 11.4 Å². The van der Waals surface area contributed by atoms with Crippen LogP contribution in [0.2, 0.25) is 0 Å². The van der Waals surface area contributed by atoms with Crippen LogP contribution in [0.3, 0.4) is 0 Å². The molecule has 0 aliphatic carbocycles. The van der Waals surface area contributed by atoms with Gasteiger partial charge in [-0.3, -0.25) is 0 Å². The van der Waals surface area contributed by atoms with Crippen molar-refractivity contribution < 1.29 is 5.11 Å². The van der Waals surface area contributed by atoms with Crippen molar-refractivity contribution in [2.45, 2.75) is 16.5 Å². The Bertz CT molecular complexity index is 289. The molecule has 2 N–H and O–H groups in total. The van der Waals surface area contributed by atoms with Crippen LogP contribution in [-0.2, 0) is 7.05 Å². The minimum atomic E-state index is -0.248. The van der Waals surface area contributed by atoms with Gasteiger partial charge < -0.3 is 15.0 Å². The molecule has 0 radical (unpaired) electrons. The molecule has 1 aliphatic heterocycles. The van der Waals surface area contributed by atoms with Crippen LogP contribution in [0.25, 0.3) is 0 Å². The van der Waals surface area contributed by atoms with E-state index in [4.69, 9.17) is 0 Å². The van der Waals surface area contributed by atoms with Gasteiger partial charge in [0.15, 0.2) is 5.16 Å². The van der Waals surface area contributed by atoms with E-state index in [1.165, 1.54) is 0 Å². The highest BCUT2D eigenvalue weighted by atomic mass is 32.2. The van der Waals surface area contributed by atoms with Gasteiger partial charge in [-0.25, -0.2) is 4.98 Å². The summed E-state index contributed by atoms with van der Waals surface area (Å²) in [5, 5.41) is 13.9. The fourth-order valence-electron chi connectivity index (χ4n) is 1.36. The van der Waals surface area contributed by atoms with Crippen LogP contribution in [0.5, 0.6) is 0 Å². The van der Waals surface area contributed by atoms with E-state index in [1.807, 2.05) is 17.8 Å². The first kappa shape index (κ1) is 9.05. The van der Waals surface area contributed by atoms with Crippen molar-refractivity contribution in [2.24, 2.45) is 7.05 Å². The number of imidazole rings is 1. The number of aromatic nitrogens is 2. The van der Waals surface area contributed by atoms with Crippen molar-refractivity contribution >= 4 is 11.8 Å². The van der Waals surface area contributed by atoms with Gasteiger partial charge in [0.2, 0.25) is 0 Å². The molecule has 13 heavy (non-hydrogen) atoms. The second kappa shape index (κ2) is 3.69. The Morgan fingerprint density at radius 3 is 3.08 bits per heavy atom. The van der Waals surface area contributed by atoms with Crippen LogP contribution in [0, 0.1) is 0 Å². The first-order chi connectivity index (χ1) is 6.27. The molecule has 5 heteroatoms. The minimum absolute atomic E-state index is 0.237. The summed E-state index contributed by atoms with van der Waals surface area (Å²) in [7, 11) is 1.96. The quantitative estimate of drug-likeness (QED) is 0.695. The van der Waals surface area contributed by atoms with Crippen molar-refractivity contribution in [2.75, 3.05) is 13.1 Å². The zero-order chi connectivity index (χ0) is 9.26. The van der Waals surface area contributed by atoms with Crippen molar-refractivity contribution in [1.29, 1.82) is 0 Å². The maximum absolute atomic E-state index is 9.56. The third kappa shape index (κ3) is 1.87. The van der Waals surface area contributed by atoms with E-state index >= 15 is 0 Å². The second-order valence-corrected chi connectivity index (χ2v) is 4.41. The lowest BCUT2D eigenvalue weighted by molar-refractivity contribution is 0.201. The molecule has 72 valence electrons. The molecule has 1 aliphatic rings. The van der Waals surface area contributed by atoms with Crippen LogP contribution in [0.1, 0.15) is 0 Å². The fourth-order valence-corrected chi connectivity index (χ4v) is 2.44. The molecule has 0 saturated carbocycles. The highest BCUT2D eigenvalue weighted by Crippen LogP contribution is 2.24. The van der Waals surface area contributed by atoms with Crippen molar-refractivity contribution in [3.8, 4) is 0 Å². The van der Waals surface area contributed by atoms with Crippen LogP contribution >= 0.6 is 11.8 Å². The Morgan fingerprint density at radius 2 is 2.54 bits per heavy atom. The van der Waals surface area contributed by atoms with Crippen LogP contribution in [0.4, 0.5) is 0 Å². The Morgan fingerprint density at radius 1 is 1.69 bits per heavy atom. The van der Waals surface area contributed by atoms with E-state index in [1.54, 1.807) is 18.0 Å². The molecule has 0 bridgehead atoms. The second-order valence-electron chi connectivity index (χ2n) is 3.20. The van der Waals surface area contributed by atoms with Gasteiger partial charge in [0.25, 0.3) is 0 Å². The largest absolute Gasteiger partial charge is 0.391 e. The zero-order valence-electron chi connectivity index (χ0n) is 7.47. The summed E-state index contributed by atoms with van der Waals surface area (Å²) in [5.41, 5.74) is 0. The zero-order valence-corrected chi connectivity index (χ0v) is 8.29. The molecular weight excluding hydrogens is 186 g/mol. The summed E-state index contributed by atoms with van der Waals surface area (Å²) in [6.45, 7) is 1.56. The lowest BCUT2D eigenvalue weighted by atomic mass is 10.3. The van der Waals surface area contributed by atoms with Gasteiger partial charge in [-0.05, 0) is 0 Å². The third-order valence-corrected chi connectivity index (χ3v) is 3.55. The van der Waals surface area contributed by atoms with E-state index in [2.05, 4.69) is 10.3 Å². The molecule has 0 aromatic carbocycles. The number of nitrogens with zero attached hydrogens (tertiary/aromatic N) is 2. The van der Waals surface area contributed by atoms with E-state index in [0.717, 1.165) is 11.7 Å². The summed E-state index contributed by atoms with van der Waals surface area (Å²) in [4.78, 5) is 4.20. The Hall–Kier alpha value is -0.520. The van der Waals surface area contributed by atoms with Crippen molar-refractivity contribution in [3.63, 3.8) is 0 Å². The Kier molecular flexibility index (Phi) is 2.57. The molecule has 1 aromatic heterocycles. The fraction of sp³-hybridized carbons (Fsp3) is 0.625. The van der Waals surface area contributed by atoms with Crippen LogP contribution < -0.4 is 5.32 Å². The highest BCUT2D eigenvalue weighted by molar-refractivity contribution is 7.99. The first-order valence-electron chi connectivity index (χ1n) is 4.30. The van der Waals surface area contributed by atoms with E-state index < -0.39 is 0 Å². The highest BCUT2D eigenvalue weighted by Gasteiger charge is 2.26. The van der Waals surface area contributed by atoms with Gasteiger partial charge >= 0.3 is 0 Å². The smallest absolute Gasteiger partial charge is 0.168 e. The minimum Gasteiger partial charge on any atom is -0.391 e. The van der Waals surface area contributed by atoms with Gasteiger partial charge in [0, 0.05) is 32.5 Å². The number of thioether (sulfide) groups is 1. The predicted octanol–water partition coefficient (Wildman–Crippen LogP) is -0.155. The number of aliphatic hydroxyl groups is 1. The number of rotatable bonds is 2. The SMILES string of the molecule is Cn1ccnc1S[C@@H]1CNC[C@H]1O. The van der Waals surface area contributed by atoms with Crippen LogP contribution in [0.15, 0.2) is 17.6 Å². The molecule has 1 fully saturated rings. The molecule has 4 nitrogen and oxygen atoms in total. The van der Waals surface area contributed by atoms with Gasteiger partial charge in [-0.2, -0.15) is 0 Å². The number of hydrogen-bond donors (Lipinski definition) is 2. The molecule has 0 spiro atoms. The van der Waals surface area contributed by atoms with Gasteiger partial charge in [-0.15, -0.1) is 0 Å². The molecule has 0 unspecified atom stereocenters. The summed E-state index contributed by atoms with van der Waals surface area (Å²) >= 11 is 1.63. The molecule has 1 aromatic rings. The number of hydrogen-bond acceptors (Lipinski definition) is 4. The van der Waals surface area contributed by atoms with Crippen molar-refractivity contribution in [3.05, 3.63) is 12.4 Å². The normalized spacial score (nSPS) is 28.2. The number of nitrogens with one attached hydrogen (secondary N) is 1. The first-order valence-corrected chi connectivity index (χ1v) is 5.18. The maximum atomic E-state index is 9.56. The van der Waals surface area contributed by atoms with Crippen LogP contribution in [-0.4, -0.2) is 39.1 Å². The number of β-amino-alcohol motifs (C(OH)–C–C–N with tert-alkyl or cyclic N) is 1.